The zero-order valence-corrected chi connectivity index (χ0v) is 36.9. The van der Waals surface area contributed by atoms with Crippen LogP contribution < -0.4 is 14.4 Å². The summed E-state index contributed by atoms with van der Waals surface area (Å²) in [6.45, 7) is 15.2. The van der Waals surface area contributed by atoms with Crippen LogP contribution in [0.15, 0.2) is 58.6 Å². The van der Waals surface area contributed by atoms with Crippen molar-refractivity contribution >= 4 is 48.3 Å². The van der Waals surface area contributed by atoms with Crippen LogP contribution in [0.25, 0.3) is 16.5 Å². The van der Waals surface area contributed by atoms with Gasteiger partial charge in [0.2, 0.25) is 11.6 Å². The summed E-state index contributed by atoms with van der Waals surface area (Å²) in [5.74, 6) is -3.77. The SMILES string of the molecule is CN(C)c1c2c(c(OC(=O)OC(C)(C)C)c3cc(F)ccc13)C(O)=C1C(=O)[C@]3(O[Si](C)(C)C(C)(C)C)C(=O)c4c(OCc5ccccc5)noc4[C@@H](N(C)C)[C@@H]3C[C@@H]1C2. The van der Waals surface area contributed by atoms with Gasteiger partial charge in [-0.05, 0) is 106 Å². The van der Waals surface area contributed by atoms with Crippen LogP contribution in [0.3, 0.4) is 0 Å². The fraction of sp³-hybridized carbons (Fsp3) is 0.467. The first-order valence-electron chi connectivity index (χ1n) is 19.9. The number of carbonyl (C=O) groups excluding carboxylic acids is 3. The molecule has 0 unspecified atom stereocenters. The Morgan fingerprint density at radius 2 is 1.66 bits per heavy atom. The Labute approximate surface area is 345 Å². The molecule has 1 saturated carbocycles. The van der Waals surface area contributed by atoms with E-state index >= 15 is 14.0 Å². The molecule has 3 aliphatic carbocycles. The highest BCUT2D eigenvalue weighted by atomic mass is 28.4. The molecule has 314 valence electrons. The van der Waals surface area contributed by atoms with Gasteiger partial charge in [0.15, 0.2) is 25.4 Å². The van der Waals surface area contributed by atoms with Gasteiger partial charge in [0.25, 0.3) is 5.88 Å². The summed E-state index contributed by atoms with van der Waals surface area (Å²) in [4.78, 5) is 48.7. The fourth-order valence-corrected chi connectivity index (χ4v) is 10.2. The molecule has 0 radical (unpaired) electrons. The molecule has 0 aliphatic heterocycles. The third-order valence-electron chi connectivity index (χ3n) is 12.2. The summed E-state index contributed by atoms with van der Waals surface area (Å²) in [5, 5.41) is 17.3. The number of hydrogen-bond acceptors (Lipinski definition) is 12. The van der Waals surface area contributed by atoms with Gasteiger partial charge >= 0.3 is 6.16 Å². The van der Waals surface area contributed by atoms with Gasteiger partial charge in [-0.3, -0.25) is 14.5 Å². The van der Waals surface area contributed by atoms with Crippen LogP contribution in [-0.2, 0) is 27.0 Å². The fourth-order valence-electron chi connectivity index (χ4n) is 8.73. The molecule has 12 nitrogen and oxygen atoms in total. The van der Waals surface area contributed by atoms with Crippen molar-refractivity contribution in [3.05, 3.63) is 87.9 Å². The predicted octanol–water partition coefficient (Wildman–Crippen LogP) is 9.22. The number of ketones is 2. The number of Topliss-reactive ketones (excluding diaryl/α,β-unsaturated/α-hetero) is 2. The van der Waals surface area contributed by atoms with Crippen LogP contribution in [0.2, 0.25) is 18.1 Å². The minimum atomic E-state index is -3.01. The van der Waals surface area contributed by atoms with Gasteiger partial charge in [-0.1, -0.05) is 51.1 Å². The number of carbonyl (C=O) groups is 3. The lowest BCUT2D eigenvalue weighted by Crippen LogP contribution is -2.68. The molecule has 3 aromatic carbocycles. The summed E-state index contributed by atoms with van der Waals surface area (Å²) in [5.41, 5.74) is -0.971. The quantitative estimate of drug-likeness (QED) is 0.0784. The van der Waals surface area contributed by atoms with Gasteiger partial charge in [0, 0.05) is 42.0 Å². The average Bonchev–Trinajstić information content (AvgIpc) is 3.54. The number of rotatable bonds is 8. The molecule has 1 N–H and O–H groups in total. The summed E-state index contributed by atoms with van der Waals surface area (Å²) in [7, 11) is 4.36. The monoisotopic (exact) mass is 827 g/mol. The number of hydrogen-bond donors (Lipinski definition) is 1. The first kappa shape index (κ1) is 42.1. The molecule has 1 fully saturated rings. The van der Waals surface area contributed by atoms with E-state index in [0.29, 0.717) is 16.6 Å². The van der Waals surface area contributed by atoms with E-state index < -0.39 is 71.7 Å². The maximum atomic E-state index is 15.9. The second-order valence-corrected chi connectivity index (χ2v) is 23.6. The van der Waals surface area contributed by atoms with Crippen molar-refractivity contribution in [2.75, 3.05) is 33.1 Å². The highest BCUT2D eigenvalue weighted by Crippen LogP contribution is 2.60. The van der Waals surface area contributed by atoms with Crippen molar-refractivity contribution < 1.29 is 47.0 Å². The van der Waals surface area contributed by atoms with E-state index in [0.717, 1.165) is 5.56 Å². The van der Waals surface area contributed by atoms with Gasteiger partial charge in [-0.2, -0.15) is 0 Å². The van der Waals surface area contributed by atoms with E-state index in [-0.39, 0.29) is 58.9 Å². The number of aliphatic hydroxyl groups excluding tert-OH is 1. The van der Waals surface area contributed by atoms with Crippen molar-refractivity contribution in [3.8, 4) is 11.6 Å². The van der Waals surface area contributed by atoms with Crippen molar-refractivity contribution in [3.63, 3.8) is 0 Å². The highest BCUT2D eigenvalue weighted by molar-refractivity contribution is 6.74. The molecular weight excluding hydrogens is 774 g/mol. The van der Waals surface area contributed by atoms with Gasteiger partial charge in [0.05, 0.1) is 11.6 Å². The normalized spacial score (nSPS) is 21.8. The molecule has 4 atom stereocenters. The molecule has 0 bridgehead atoms. The molecule has 7 rings (SSSR count). The molecule has 0 amide bonds. The van der Waals surface area contributed by atoms with Gasteiger partial charge in [-0.15, -0.1) is 0 Å². The number of anilines is 1. The number of halogens is 1. The Morgan fingerprint density at radius 3 is 2.27 bits per heavy atom. The highest BCUT2D eigenvalue weighted by Gasteiger charge is 2.69. The number of fused-ring (bicyclic) bond motifs is 5. The lowest BCUT2D eigenvalue weighted by Gasteiger charge is -2.55. The third-order valence-corrected chi connectivity index (χ3v) is 16.7. The van der Waals surface area contributed by atoms with Crippen LogP contribution in [0.4, 0.5) is 14.9 Å². The van der Waals surface area contributed by atoms with Crippen molar-refractivity contribution in [1.29, 1.82) is 0 Å². The second kappa shape index (κ2) is 14.6. The number of nitrogens with zero attached hydrogens (tertiary/aromatic N) is 3. The van der Waals surface area contributed by atoms with Crippen LogP contribution >= 0.6 is 0 Å². The summed E-state index contributed by atoms with van der Waals surface area (Å²) >= 11 is 0. The first-order valence-corrected chi connectivity index (χ1v) is 22.8. The largest absolute Gasteiger partial charge is 0.514 e. The number of benzene rings is 3. The van der Waals surface area contributed by atoms with E-state index in [1.54, 1.807) is 26.8 Å². The number of aliphatic hydroxyl groups is 1. The van der Waals surface area contributed by atoms with Crippen LogP contribution in [0, 0.1) is 17.7 Å². The molecule has 59 heavy (non-hydrogen) atoms. The zero-order chi connectivity index (χ0) is 43.1. The molecule has 14 heteroatoms. The van der Waals surface area contributed by atoms with Crippen molar-refractivity contribution in [2.45, 2.75) is 96.4 Å². The first-order chi connectivity index (χ1) is 27.5. The molecule has 3 aliphatic rings. The topological polar surface area (TPSA) is 141 Å². The molecule has 1 heterocycles. The lowest BCUT2D eigenvalue weighted by atomic mass is 9.57. The Morgan fingerprint density at radius 1 is 0.983 bits per heavy atom. The van der Waals surface area contributed by atoms with E-state index in [1.807, 2.05) is 102 Å². The van der Waals surface area contributed by atoms with Crippen LogP contribution in [0.5, 0.6) is 11.6 Å². The summed E-state index contributed by atoms with van der Waals surface area (Å²) in [6, 6.07) is 12.9. The molecule has 0 spiro atoms. The smallest absolute Gasteiger partial charge is 0.507 e. The lowest BCUT2D eigenvalue weighted by molar-refractivity contribution is -0.140. The minimum absolute atomic E-state index is 0.0167. The Bertz CT molecular complexity index is 2390. The minimum Gasteiger partial charge on any atom is -0.507 e. The molecular formula is C45H54FN3O9Si. The van der Waals surface area contributed by atoms with Crippen LogP contribution in [-0.4, -0.2) is 80.6 Å². The number of aromatic nitrogens is 1. The van der Waals surface area contributed by atoms with Gasteiger partial charge in [0.1, 0.15) is 29.3 Å². The Hall–Kier alpha value is -5.05. The molecule has 0 saturated heterocycles. The van der Waals surface area contributed by atoms with Crippen molar-refractivity contribution in [1.82, 2.24) is 10.1 Å². The average molecular weight is 828 g/mol. The molecule has 4 aromatic rings. The van der Waals surface area contributed by atoms with E-state index in [4.69, 9.17) is 23.2 Å². The summed E-state index contributed by atoms with van der Waals surface area (Å²) in [6.07, 6.45) is -0.637. The molecule has 1 aromatic heterocycles. The van der Waals surface area contributed by atoms with Crippen molar-refractivity contribution in [2.24, 2.45) is 11.8 Å². The maximum absolute atomic E-state index is 15.9. The Kier molecular flexibility index (Phi) is 10.4. The Balaban J connectivity index is 1.49. The van der Waals surface area contributed by atoms with Gasteiger partial charge < -0.3 is 33.2 Å². The van der Waals surface area contributed by atoms with E-state index in [9.17, 15) is 9.90 Å². The maximum Gasteiger partial charge on any atom is 0.514 e. The predicted molar refractivity (Wildman–Crippen MR) is 224 cm³/mol. The zero-order valence-electron chi connectivity index (χ0n) is 35.9. The van der Waals surface area contributed by atoms with Crippen LogP contribution in [0.1, 0.15) is 86.8 Å². The van der Waals surface area contributed by atoms with E-state index in [1.165, 1.54) is 12.1 Å². The summed E-state index contributed by atoms with van der Waals surface area (Å²) < 4.78 is 46.0. The third kappa shape index (κ3) is 7.02. The van der Waals surface area contributed by atoms with E-state index in [2.05, 4.69) is 5.16 Å². The standard InChI is InChI=1S/C45H54FN3O9Si/c1-43(2,3)56-42(53)55-37-28-22-26(46)18-19-27(28)34(48(7)8)29-20-25-21-30-35(49(9)10)38-33(41(47-57-38)54-23-24-16-14-13-15-17-24)40(52)45(30,58-59(11,12)44(4,5)6)39(51)31(25)36(50)32(29)37/h13-19,22,25,30,35,50H,20-21,23H2,1-12H3/t25-,30-,35-,45-/m0/s1. The second-order valence-electron chi connectivity index (χ2n) is 18.9. The van der Waals surface area contributed by atoms with Gasteiger partial charge in [-0.25, -0.2) is 9.18 Å². The number of ether oxygens (including phenoxy) is 3.